The minimum absolute atomic E-state index is 0.109. The highest BCUT2D eigenvalue weighted by atomic mass is 16.6. The number of nitrogens with zero attached hydrogens (tertiary/aromatic N) is 3. The molecule has 0 spiro atoms. The van der Waals surface area contributed by atoms with Crippen molar-refractivity contribution in [2.75, 3.05) is 0 Å². The third-order valence-electron chi connectivity index (χ3n) is 2.73. The number of hydrogen-bond acceptors (Lipinski definition) is 5. The number of nitro groups is 1. The molecule has 20 heavy (non-hydrogen) atoms. The number of aryl methyl sites for hydroxylation is 1. The van der Waals surface area contributed by atoms with Crippen LogP contribution in [0.2, 0.25) is 0 Å². The van der Waals surface area contributed by atoms with Gasteiger partial charge in [-0.05, 0) is 25.5 Å². The maximum Gasteiger partial charge on any atom is 0.270 e. The highest BCUT2D eigenvalue weighted by Crippen LogP contribution is 2.17. The molecule has 8 nitrogen and oxygen atoms in total. The summed E-state index contributed by atoms with van der Waals surface area (Å²) < 4.78 is 0. The first-order valence-corrected chi connectivity index (χ1v) is 5.89. The molecule has 0 fully saturated rings. The van der Waals surface area contributed by atoms with Gasteiger partial charge < -0.3 is 5.32 Å². The highest BCUT2D eigenvalue weighted by Gasteiger charge is 2.16. The minimum atomic E-state index is -0.524. The summed E-state index contributed by atoms with van der Waals surface area (Å²) in [4.78, 5) is 26.3. The summed E-state index contributed by atoms with van der Waals surface area (Å²) in [7, 11) is 0. The van der Waals surface area contributed by atoms with Gasteiger partial charge in [0, 0.05) is 17.7 Å². The third-order valence-corrected chi connectivity index (χ3v) is 2.73. The Labute approximate surface area is 114 Å². The van der Waals surface area contributed by atoms with Gasteiger partial charge in [0.15, 0.2) is 0 Å². The van der Waals surface area contributed by atoms with Gasteiger partial charge in [0.1, 0.15) is 12.2 Å². The summed E-state index contributed by atoms with van der Waals surface area (Å²) in [5.41, 5.74) is 0.780. The molecule has 0 saturated carbocycles. The molecule has 1 unspecified atom stereocenters. The van der Waals surface area contributed by atoms with Crippen LogP contribution in [0.5, 0.6) is 0 Å². The van der Waals surface area contributed by atoms with Crippen molar-refractivity contribution in [3.05, 3.63) is 51.6 Å². The predicted octanol–water partition coefficient (Wildman–Crippen LogP) is 1.51. The zero-order valence-corrected chi connectivity index (χ0v) is 11.0. The van der Waals surface area contributed by atoms with E-state index < -0.39 is 10.8 Å². The Kier molecular flexibility index (Phi) is 3.74. The number of amides is 1. The molecule has 2 N–H and O–H groups in total. The van der Waals surface area contributed by atoms with Crippen LogP contribution in [0, 0.1) is 17.0 Å². The van der Waals surface area contributed by atoms with Gasteiger partial charge >= 0.3 is 0 Å². The van der Waals surface area contributed by atoms with Crippen molar-refractivity contribution in [1.29, 1.82) is 0 Å². The quantitative estimate of drug-likeness (QED) is 0.648. The van der Waals surface area contributed by atoms with Gasteiger partial charge in [-0.2, -0.15) is 5.10 Å². The lowest BCUT2D eigenvalue weighted by Crippen LogP contribution is -2.27. The summed E-state index contributed by atoms with van der Waals surface area (Å²) in [6.45, 7) is 3.44. The zero-order chi connectivity index (χ0) is 14.7. The number of hydrogen-bond donors (Lipinski definition) is 2. The molecule has 8 heteroatoms. The number of aromatic amines is 1. The fourth-order valence-electron chi connectivity index (χ4n) is 1.77. The van der Waals surface area contributed by atoms with Gasteiger partial charge in [-0.1, -0.05) is 0 Å². The lowest BCUT2D eigenvalue weighted by atomic mass is 10.1. The van der Waals surface area contributed by atoms with Crippen molar-refractivity contribution in [3.8, 4) is 0 Å². The Bertz CT molecular complexity index is 639. The van der Waals surface area contributed by atoms with Crippen LogP contribution in [0.1, 0.15) is 34.7 Å². The number of nitro benzene ring substituents is 1. The summed E-state index contributed by atoms with van der Waals surface area (Å²) >= 11 is 0. The number of nitrogens with one attached hydrogen (secondary N) is 2. The molecular formula is C12H13N5O3. The van der Waals surface area contributed by atoms with Crippen LogP contribution < -0.4 is 5.32 Å². The van der Waals surface area contributed by atoms with Gasteiger partial charge in [0.2, 0.25) is 0 Å². The smallest absolute Gasteiger partial charge is 0.270 e. The Morgan fingerprint density at radius 3 is 2.80 bits per heavy atom. The van der Waals surface area contributed by atoms with Crippen molar-refractivity contribution in [2.45, 2.75) is 19.9 Å². The van der Waals surface area contributed by atoms with Gasteiger partial charge in [-0.15, -0.1) is 0 Å². The number of benzene rings is 1. The normalized spacial score (nSPS) is 11.9. The second-order valence-corrected chi connectivity index (χ2v) is 4.38. The zero-order valence-electron chi connectivity index (χ0n) is 11.0. The van der Waals surface area contributed by atoms with E-state index in [1.54, 1.807) is 19.9 Å². The Morgan fingerprint density at radius 1 is 1.45 bits per heavy atom. The fraction of sp³-hybridized carbons (Fsp3) is 0.250. The average Bonchev–Trinajstić information content (AvgIpc) is 2.91. The van der Waals surface area contributed by atoms with Gasteiger partial charge in [-0.3, -0.25) is 20.0 Å². The van der Waals surface area contributed by atoms with Gasteiger partial charge in [0.25, 0.3) is 11.6 Å². The Morgan fingerprint density at radius 2 is 2.20 bits per heavy atom. The van der Waals surface area contributed by atoms with Crippen molar-refractivity contribution >= 4 is 11.6 Å². The van der Waals surface area contributed by atoms with Crippen LogP contribution >= 0.6 is 0 Å². The Balaban J connectivity index is 2.19. The topological polar surface area (TPSA) is 114 Å². The summed E-state index contributed by atoms with van der Waals surface area (Å²) in [5.74, 6) is 0.112. The van der Waals surface area contributed by atoms with E-state index in [0.29, 0.717) is 11.4 Å². The van der Waals surface area contributed by atoms with E-state index in [-0.39, 0.29) is 17.3 Å². The predicted molar refractivity (Wildman–Crippen MR) is 70.1 cm³/mol. The monoisotopic (exact) mass is 275 g/mol. The summed E-state index contributed by atoms with van der Waals surface area (Å²) in [6.07, 6.45) is 1.34. The average molecular weight is 275 g/mol. The van der Waals surface area contributed by atoms with E-state index >= 15 is 0 Å². The van der Waals surface area contributed by atoms with Crippen LogP contribution in [0.4, 0.5) is 5.69 Å². The van der Waals surface area contributed by atoms with Crippen LogP contribution in [-0.4, -0.2) is 26.0 Å². The van der Waals surface area contributed by atoms with Crippen LogP contribution in [0.3, 0.4) is 0 Å². The van der Waals surface area contributed by atoms with Crippen molar-refractivity contribution in [2.24, 2.45) is 0 Å². The minimum Gasteiger partial charge on any atom is -0.342 e. The number of non-ortho nitro benzene ring substituents is 1. The number of carbonyl (C=O) groups is 1. The molecular weight excluding hydrogens is 262 g/mol. The summed E-state index contributed by atoms with van der Waals surface area (Å²) in [5, 5.41) is 19.8. The summed E-state index contributed by atoms with van der Waals surface area (Å²) in [6, 6.07) is 3.88. The third kappa shape index (κ3) is 2.97. The molecule has 0 radical (unpaired) electrons. The Hall–Kier alpha value is -2.77. The standard InChI is InChI=1S/C12H13N5O3/c1-7-3-9(5-10(4-7)17(19)20)12(18)15-8(2)11-13-6-14-16-11/h3-6,8H,1-2H3,(H,15,18)(H,13,14,16). The molecule has 0 aliphatic heterocycles. The molecule has 0 saturated heterocycles. The van der Waals surface area contributed by atoms with Gasteiger partial charge in [-0.25, -0.2) is 4.98 Å². The number of rotatable bonds is 4. The first-order chi connectivity index (χ1) is 9.47. The first kappa shape index (κ1) is 13.7. The van der Waals surface area contributed by atoms with E-state index in [2.05, 4.69) is 20.5 Å². The molecule has 1 amide bonds. The maximum atomic E-state index is 12.1. The lowest BCUT2D eigenvalue weighted by Gasteiger charge is -2.11. The fourth-order valence-corrected chi connectivity index (χ4v) is 1.77. The van der Waals surface area contributed by atoms with Crippen molar-refractivity contribution < 1.29 is 9.72 Å². The van der Waals surface area contributed by atoms with Crippen LogP contribution in [0.15, 0.2) is 24.5 Å². The maximum absolute atomic E-state index is 12.1. The highest BCUT2D eigenvalue weighted by molar-refractivity contribution is 5.95. The molecule has 1 atom stereocenters. The van der Waals surface area contributed by atoms with Crippen molar-refractivity contribution in [1.82, 2.24) is 20.5 Å². The molecule has 2 aromatic rings. The molecule has 104 valence electrons. The van der Waals surface area contributed by atoms with E-state index in [1.165, 1.54) is 18.5 Å². The number of carbonyl (C=O) groups excluding carboxylic acids is 1. The molecule has 0 aliphatic carbocycles. The van der Waals surface area contributed by atoms with Gasteiger partial charge in [0.05, 0.1) is 11.0 Å². The molecule has 1 aromatic carbocycles. The van der Waals surface area contributed by atoms with E-state index in [0.717, 1.165) is 0 Å². The second-order valence-electron chi connectivity index (χ2n) is 4.38. The van der Waals surface area contributed by atoms with Crippen molar-refractivity contribution in [3.63, 3.8) is 0 Å². The second kappa shape index (κ2) is 5.47. The van der Waals surface area contributed by atoms with E-state index in [4.69, 9.17) is 0 Å². The molecule has 2 rings (SSSR count). The first-order valence-electron chi connectivity index (χ1n) is 5.89. The van der Waals surface area contributed by atoms with E-state index in [9.17, 15) is 14.9 Å². The lowest BCUT2D eigenvalue weighted by molar-refractivity contribution is -0.384. The number of H-pyrrole nitrogens is 1. The largest absolute Gasteiger partial charge is 0.342 e. The van der Waals surface area contributed by atoms with E-state index in [1.807, 2.05) is 0 Å². The SMILES string of the molecule is Cc1cc(C(=O)NC(C)c2ncn[nH]2)cc([N+](=O)[O-])c1. The molecule has 0 bridgehead atoms. The molecule has 0 aliphatic rings. The van der Waals surface area contributed by atoms with Crippen LogP contribution in [0.25, 0.3) is 0 Å². The molecule has 1 heterocycles. The number of aromatic nitrogens is 3. The van der Waals surface area contributed by atoms with Crippen LogP contribution in [-0.2, 0) is 0 Å². The molecule has 1 aromatic heterocycles.